The summed E-state index contributed by atoms with van der Waals surface area (Å²) in [4.78, 5) is 31.7. The van der Waals surface area contributed by atoms with E-state index in [2.05, 4.69) is 4.99 Å². The maximum atomic E-state index is 13.3. The van der Waals surface area contributed by atoms with Crippen LogP contribution in [0.5, 0.6) is 0 Å². The number of thiazole rings is 1. The molecule has 0 bridgehead atoms. The minimum absolute atomic E-state index is 0.230. The number of methoxy groups -OCH3 is 1. The Hall–Kier alpha value is -2.19. The summed E-state index contributed by atoms with van der Waals surface area (Å²) in [5.41, 5.74) is 1.43. The van der Waals surface area contributed by atoms with Crippen LogP contribution in [0.15, 0.2) is 56.8 Å². The van der Waals surface area contributed by atoms with Crippen LogP contribution in [0, 0.1) is 0 Å². The quantitative estimate of drug-likeness (QED) is 0.554. The fourth-order valence-electron chi connectivity index (χ4n) is 3.16. The van der Waals surface area contributed by atoms with E-state index in [0.29, 0.717) is 30.6 Å². The Morgan fingerprint density at radius 3 is 2.72 bits per heavy atom. The lowest BCUT2D eigenvalue weighted by Crippen LogP contribution is -2.39. The van der Waals surface area contributed by atoms with E-state index < -0.39 is 12.0 Å². The smallest absolute Gasteiger partial charge is 0.338 e. The van der Waals surface area contributed by atoms with E-state index in [4.69, 9.17) is 27.9 Å². The summed E-state index contributed by atoms with van der Waals surface area (Å²) in [5.74, 6) is -0.497. The molecule has 9 heteroatoms. The average Bonchev–Trinajstić information content (AvgIpc) is 3.32. The molecule has 1 atom stereocenters. The van der Waals surface area contributed by atoms with E-state index in [1.807, 2.05) is 17.5 Å². The Balaban J connectivity index is 1.96. The van der Waals surface area contributed by atoms with Gasteiger partial charge in [0, 0.05) is 4.88 Å². The summed E-state index contributed by atoms with van der Waals surface area (Å²) >= 11 is 14.8. The molecule has 5 nitrogen and oxygen atoms in total. The van der Waals surface area contributed by atoms with Gasteiger partial charge in [-0.05, 0) is 42.1 Å². The van der Waals surface area contributed by atoms with Gasteiger partial charge in [0.2, 0.25) is 0 Å². The highest BCUT2D eigenvalue weighted by Gasteiger charge is 2.33. The highest BCUT2D eigenvalue weighted by Crippen LogP contribution is 2.33. The number of aromatic nitrogens is 1. The van der Waals surface area contributed by atoms with Crippen LogP contribution in [0.2, 0.25) is 10.0 Å². The summed E-state index contributed by atoms with van der Waals surface area (Å²) in [7, 11) is 1.32. The van der Waals surface area contributed by atoms with E-state index >= 15 is 0 Å². The zero-order valence-corrected chi connectivity index (χ0v) is 18.5. The van der Waals surface area contributed by atoms with Crippen molar-refractivity contribution in [3.63, 3.8) is 0 Å². The number of ether oxygens (including phenoxy) is 1. The minimum Gasteiger partial charge on any atom is -0.466 e. The third-order valence-corrected chi connectivity index (χ3v) is 7.13. The third-order valence-electron chi connectivity index (χ3n) is 4.48. The van der Waals surface area contributed by atoms with Crippen molar-refractivity contribution in [3.8, 4) is 0 Å². The molecule has 0 spiro atoms. The Morgan fingerprint density at radius 1 is 1.28 bits per heavy atom. The minimum atomic E-state index is -0.574. The number of carbonyl (C=O) groups is 1. The molecule has 1 aliphatic rings. The lowest BCUT2D eigenvalue weighted by Gasteiger charge is -2.22. The molecule has 2 aromatic heterocycles. The molecular weight excluding hydrogens is 451 g/mol. The number of allylic oxidation sites excluding steroid dienone is 1. The van der Waals surface area contributed by atoms with Crippen molar-refractivity contribution >= 4 is 57.9 Å². The fraction of sp³-hybridized carbons (Fsp3) is 0.150. The van der Waals surface area contributed by atoms with Crippen molar-refractivity contribution in [2.24, 2.45) is 4.99 Å². The van der Waals surface area contributed by atoms with E-state index in [-0.39, 0.29) is 5.56 Å². The number of benzene rings is 1. The third kappa shape index (κ3) is 3.59. The summed E-state index contributed by atoms with van der Waals surface area (Å²) in [6.07, 6.45) is 1.74. The number of fused-ring (bicyclic) bond motifs is 1. The van der Waals surface area contributed by atoms with Crippen LogP contribution in [0.25, 0.3) is 6.08 Å². The van der Waals surface area contributed by atoms with Gasteiger partial charge in [-0.1, -0.05) is 46.7 Å². The highest BCUT2D eigenvalue weighted by atomic mass is 35.5. The average molecular weight is 465 g/mol. The second-order valence-electron chi connectivity index (χ2n) is 6.26. The SMILES string of the molecule is COC(=O)C1=C(C)N=c2s/c(=C\c3ccc(Cl)c(Cl)c3)c(=O)n2[C@H]1c1cccs1. The molecule has 148 valence electrons. The molecule has 3 aromatic rings. The van der Waals surface area contributed by atoms with E-state index in [1.165, 1.54) is 29.8 Å². The zero-order valence-electron chi connectivity index (χ0n) is 15.3. The van der Waals surface area contributed by atoms with Crippen molar-refractivity contribution in [2.75, 3.05) is 7.11 Å². The Bertz CT molecular complexity index is 1320. The molecule has 0 aliphatic carbocycles. The van der Waals surface area contributed by atoms with Crippen molar-refractivity contribution < 1.29 is 9.53 Å². The van der Waals surface area contributed by atoms with Gasteiger partial charge in [-0.3, -0.25) is 9.36 Å². The van der Waals surface area contributed by atoms with Crippen LogP contribution in [0.4, 0.5) is 0 Å². The topological polar surface area (TPSA) is 60.7 Å². The molecule has 0 amide bonds. The number of nitrogens with zero attached hydrogens (tertiary/aromatic N) is 2. The predicted molar refractivity (Wildman–Crippen MR) is 117 cm³/mol. The van der Waals surface area contributed by atoms with Gasteiger partial charge in [-0.15, -0.1) is 11.3 Å². The first-order valence-corrected chi connectivity index (χ1v) is 10.9. The van der Waals surface area contributed by atoms with Gasteiger partial charge in [0.25, 0.3) is 5.56 Å². The summed E-state index contributed by atoms with van der Waals surface area (Å²) in [6.45, 7) is 1.75. The van der Waals surface area contributed by atoms with E-state index in [0.717, 1.165) is 10.4 Å². The molecule has 1 aliphatic heterocycles. The second kappa shape index (κ2) is 7.91. The first kappa shape index (κ1) is 20.1. The van der Waals surface area contributed by atoms with Gasteiger partial charge in [-0.25, -0.2) is 9.79 Å². The van der Waals surface area contributed by atoms with Crippen LogP contribution >= 0.6 is 45.9 Å². The molecule has 0 saturated heterocycles. The number of esters is 1. The van der Waals surface area contributed by atoms with Crippen LogP contribution in [-0.2, 0) is 9.53 Å². The molecule has 0 saturated carbocycles. The van der Waals surface area contributed by atoms with Gasteiger partial charge in [0.15, 0.2) is 4.80 Å². The van der Waals surface area contributed by atoms with Gasteiger partial charge in [0.1, 0.15) is 6.04 Å². The van der Waals surface area contributed by atoms with Gasteiger partial charge < -0.3 is 4.74 Å². The normalized spacial score (nSPS) is 16.6. The first-order valence-electron chi connectivity index (χ1n) is 8.50. The van der Waals surface area contributed by atoms with Crippen molar-refractivity contribution in [1.82, 2.24) is 4.57 Å². The number of thiophene rings is 1. The van der Waals surface area contributed by atoms with Crippen molar-refractivity contribution in [1.29, 1.82) is 0 Å². The Kier molecular flexibility index (Phi) is 5.48. The first-order chi connectivity index (χ1) is 13.9. The zero-order chi connectivity index (χ0) is 20.7. The molecule has 29 heavy (non-hydrogen) atoms. The molecular formula is C20H14Cl2N2O3S2. The maximum Gasteiger partial charge on any atom is 0.338 e. The number of carbonyl (C=O) groups excluding carboxylic acids is 1. The monoisotopic (exact) mass is 464 g/mol. The second-order valence-corrected chi connectivity index (χ2v) is 9.07. The lowest BCUT2D eigenvalue weighted by molar-refractivity contribution is -0.136. The highest BCUT2D eigenvalue weighted by molar-refractivity contribution is 7.10. The number of hydrogen-bond acceptors (Lipinski definition) is 6. The predicted octanol–water partition coefficient (Wildman–Crippen LogP) is 3.78. The summed E-state index contributed by atoms with van der Waals surface area (Å²) < 4.78 is 7.01. The summed E-state index contributed by atoms with van der Waals surface area (Å²) in [6, 6.07) is 8.37. The van der Waals surface area contributed by atoms with Crippen LogP contribution < -0.4 is 14.9 Å². The number of rotatable bonds is 3. The standard InChI is InChI=1S/C20H14Cl2N2O3S2/c1-10-16(19(26)27-2)17(14-4-3-7-28-14)24-18(25)15(29-20(24)23-10)9-11-5-6-12(21)13(22)8-11/h3-9,17H,1-2H3/b15-9-/t17-/m0/s1. The molecule has 0 radical (unpaired) electrons. The van der Waals surface area contributed by atoms with Gasteiger partial charge in [0.05, 0.1) is 33.0 Å². The molecule has 0 unspecified atom stereocenters. The fourth-order valence-corrected chi connectivity index (χ4v) is 5.34. The van der Waals surface area contributed by atoms with Gasteiger partial charge >= 0.3 is 5.97 Å². The molecule has 3 heterocycles. The van der Waals surface area contributed by atoms with Crippen LogP contribution in [-0.4, -0.2) is 17.6 Å². The van der Waals surface area contributed by atoms with Crippen LogP contribution in [0.3, 0.4) is 0 Å². The van der Waals surface area contributed by atoms with Crippen LogP contribution in [0.1, 0.15) is 23.4 Å². The van der Waals surface area contributed by atoms with E-state index in [9.17, 15) is 9.59 Å². The maximum absolute atomic E-state index is 13.3. The molecule has 0 fully saturated rings. The Morgan fingerprint density at radius 2 is 2.07 bits per heavy atom. The summed E-state index contributed by atoms with van der Waals surface area (Å²) in [5, 5.41) is 2.76. The molecule has 0 N–H and O–H groups in total. The van der Waals surface area contributed by atoms with Gasteiger partial charge in [-0.2, -0.15) is 0 Å². The molecule has 1 aromatic carbocycles. The van der Waals surface area contributed by atoms with E-state index in [1.54, 1.807) is 35.8 Å². The number of halogens is 2. The largest absolute Gasteiger partial charge is 0.466 e. The van der Waals surface area contributed by atoms with Crippen molar-refractivity contribution in [2.45, 2.75) is 13.0 Å². The number of hydrogen-bond donors (Lipinski definition) is 0. The Labute approximate surface area is 183 Å². The lowest BCUT2D eigenvalue weighted by atomic mass is 10.0. The van der Waals surface area contributed by atoms with Crippen molar-refractivity contribution in [3.05, 3.63) is 87.2 Å². The molecule has 4 rings (SSSR count).